The summed E-state index contributed by atoms with van der Waals surface area (Å²) in [6.07, 6.45) is 2.06. The van der Waals surface area contributed by atoms with Crippen LogP contribution in [0.5, 0.6) is 0 Å². The number of rotatable bonds is 2. The topological polar surface area (TPSA) is 49.3 Å². The van der Waals surface area contributed by atoms with Crippen molar-refractivity contribution in [3.8, 4) is 0 Å². The van der Waals surface area contributed by atoms with E-state index in [4.69, 9.17) is 0 Å². The molecule has 0 bridgehead atoms. The molecule has 2 atom stereocenters. The van der Waals surface area contributed by atoms with E-state index in [0.29, 0.717) is 25.0 Å². The Morgan fingerprint density at radius 3 is 2.32 bits per heavy atom. The molecule has 0 saturated heterocycles. The Bertz CT molecular complexity index is 470. The highest BCUT2D eigenvalue weighted by molar-refractivity contribution is 5.95. The molecule has 1 aliphatic carbocycles. The van der Waals surface area contributed by atoms with E-state index >= 15 is 0 Å². The van der Waals surface area contributed by atoms with E-state index in [9.17, 15) is 23.1 Å². The van der Waals surface area contributed by atoms with Crippen molar-refractivity contribution in [2.24, 2.45) is 0 Å². The molecule has 2 N–H and O–H groups in total. The number of benzene rings is 1. The van der Waals surface area contributed by atoms with Crippen LogP contribution in [0.25, 0.3) is 0 Å². The molecule has 3 nitrogen and oxygen atoms in total. The molecule has 0 aliphatic heterocycles. The number of hydrogen-bond donors (Lipinski definition) is 2. The standard InChI is InChI=1S/C13H14F3NO2/c14-7-5-8(15)12(9(16)6-7)13(19)17-10-3-1-2-4-11(10)18/h5-6,10-11,18H,1-4H2,(H,17,19)/t10-,11-/m1/s1. The van der Waals surface area contributed by atoms with Crippen molar-refractivity contribution in [3.63, 3.8) is 0 Å². The van der Waals surface area contributed by atoms with Crippen LogP contribution in [0, 0.1) is 17.5 Å². The molecular weight excluding hydrogens is 259 g/mol. The first-order chi connectivity index (χ1) is 8.99. The number of halogens is 3. The lowest BCUT2D eigenvalue weighted by atomic mass is 9.92. The van der Waals surface area contributed by atoms with E-state index in [1.54, 1.807) is 0 Å². The summed E-state index contributed by atoms with van der Waals surface area (Å²) in [6.45, 7) is 0. The number of carbonyl (C=O) groups is 1. The minimum Gasteiger partial charge on any atom is -0.391 e. The van der Waals surface area contributed by atoms with Gasteiger partial charge in [0.2, 0.25) is 0 Å². The molecule has 1 aliphatic rings. The van der Waals surface area contributed by atoms with E-state index in [0.717, 1.165) is 12.8 Å². The smallest absolute Gasteiger partial charge is 0.257 e. The first-order valence-electron chi connectivity index (χ1n) is 6.12. The summed E-state index contributed by atoms with van der Waals surface area (Å²) < 4.78 is 39.6. The largest absolute Gasteiger partial charge is 0.391 e. The maximum Gasteiger partial charge on any atom is 0.257 e. The maximum absolute atomic E-state index is 13.4. The predicted octanol–water partition coefficient (Wildman–Crippen LogP) is 2.14. The average molecular weight is 273 g/mol. The van der Waals surface area contributed by atoms with E-state index in [-0.39, 0.29) is 0 Å². The fourth-order valence-electron chi connectivity index (χ4n) is 2.28. The lowest BCUT2D eigenvalue weighted by Crippen LogP contribution is -2.45. The summed E-state index contributed by atoms with van der Waals surface area (Å²) in [5.41, 5.74) is -0.820. The number of aliphatic hydroxyl groups excluding tert-OH is 1. The fourth-order valence-corrected chi connectivity index (χ4v) is 2.28. The Balaban J connectivity index is 2.16. The Hall–Kier alpha value is -1.56. The second kappa shape index (κ2) is 5.61. The van der Waals surface area contributed by atoms with Gasteiger partial charge in [-0.3, -0.25) is 4.79 Å². The van der Waals surface area contributed by atoms with Gasteiger partial charge in [-0.05, 0) is 12.8 Å². The van der Waals surface area contributed by atoms with Crippen LogP contribution in [0.4, 0.5) is 13.2 Å². The van der Waals surface area contributed by atoms with Crippen LogP contribution < -0.4 is 5.32 Å². The number of carbonyl (C=O) groups excluding carboxylic acids is 1. The third-order valence-corrected chi connectivity index (χ3v) is 3.28. The summed E-state index contributed by atoms with van der Waals surface area (Å²) in [5, 5.41) is 12.1. The van der Waals surface area contributed by atoms with Crippen molar-refractivity contribution in [1.29, 1.82) is 0 Å². The number of amides is 1. The van der Waals surface area contributed by atoms with Crippen LogP contribution in [0.3, 0.4) is 0 Å². The molecule has 0 unspecified atom stereocenters. The number of hydrogen-bond acceptors (Lipinski definition) is 2. The zero-order valence-corrected chi connectivity index (χ0v) is 10.1. The van der Waals surface area contributed by atoms with Gasteiger partial charge < -0.3 is 10.4 Å². The summed E-state index contributed by atoms with van der Waals surface area (Å²) in [5.74, 6) is -4.55. The highest BCUT2D eigenvalue weighted by atomic mass is 19.1. The van der Waals surface area contributed by atoms with Crippen molar-refractivity contribution >= 4 is 5.91 Å². The predicted molar refractivity (Wildman–Crippen MR) is 62.0 cm³/mol. The summed E-state index contributed by atoms with van der Waals surface area (Å²) in [6, 6.07) is 0.384. The zero-order valence-electron chi connectivity index (χ0n) is 10.1. The van der Waals surface area contributed by atoms with Gasteiger partial charge in [0.15, 0.2) is 0 Å². The lowest BCUT2D eigenvalue weighted by molar-refractivity contribution is 0.0711. The highest BCUT2D eigenvalue weighted by Gasteiger charge is 2.27. The van der Waals surface area contributed by atoms with Gasteiger partial charge in [-0.2, -0.15) is 0 Å². The number of nitrogens with one attached hydrogen (secondary N) is 1. The molecule has 1 aromatic rings. The van der Waals surface area contributed by atoms with E-state index < -0.39 is 41.1 Å². The van der Waals surface area contributed by atoms with Gasteiger partial charge in [0.05, 0.1) is 12.1 Å². The highest BCUT2D eigenvalue weighted by Crippen LogP contribution is 2.20. The molecular formula is C13H14F3NO2. The van der Waals surface area contributed by atoms with Crippen molar-refractivity contribution in [3.05, 3.63) is 35.1 Å². The van der Waals surface area contributed by atoms with E-state index in [1.165, 1.54) is 0 Å². The van der Waals surface area contributed by atoms with Crippen molar-refractivity contribution < 1.29 is 23.1 Å². The summed E-state index contributed by atoms with van der Waals surface area (Å²) in [4.78, 5) is 11.8. The quantitative estimate of drug-likeness (QED) is 0.867. The van der Waals surface area contributed by atoms with E-state index in [1.807, 2.05) is 0 Å². The molecule has 1 aromatic carbocycles. The Kier molecular flexibility index (Phi) is 4.09. The van der Waals surface area contributed by atoms with Gasteiger partial charge in [-0.25, -0.2) is 13.2 Å². The van der Waals surface area contributed by atoms with Crippen molar-refractivity contribution in [1.82, 2.24) is 5.32 Å². The van der Waals surface area contributed by atoms with Gasteiger partial charge in [-0.15, -0.1) is 0 Å². The third-order valence-electron chi connectivity index (χ3n) is 3.28. The molecule has 0 heterocycles. The SMILES string of the molecule is O=C(N[C@@H]1CCCC[C@H]1O)c1c(F)cc(F)cc1F. The van der Waals surface area contributed by atoms with Gasteiger partial charge in [0.25, 0.3) is 5.91 Å². The Labute approximate surface area is 108 Å². The monoisotopic (exact) mass is 273 g/mol. The third kappa shape index (κ3) is 3.07. The first kappa shape index (κ1) is 13.9. The van der Waals surface area contributed by atoms with Gasteiger partial charge in [0, 0.05) is 12.1 Å². The van der Waals surface area contributed by atoms with E-state index in [2.05, 4.69) is 5.32 Å². The molecule has 0 radical (unpaired) electrons. The van der Waals surface area contributed by atoms with Crippen molar-refractivity contribution in [2.75, 3.05) is 0 Å². The fraction of sp³-hybridized carbons (Fsp3) is 0.462. The zero-order chi connectivity index (χ0) is 14.0. The van der Waals surface area contributed by atoms with Crippen LogP contribution in [0.2, 0.25) is 0 Å². The number of aliphatic hydroxyl groups is 1. The second-order valence-electron chi connectivity index (χ2n) is 4.68. The normalized spacial score (nSPS) is 23.2. The van der Waals surface area contributed by atoms with Crippen LogP contribution in [0.15, 0.2) is 12.1 Å². The molecule has 1 saturated carbocycles. The molecule has 1 amide bonds. The molecule has 6 heteroatoms. The Morgan fingerprint density at radius 1 is 1.16 bits per heavy atom. The molecule has 0 aromatic heterocycles. The first-order valence-corrected chi connectivity index (χ1v) is 6.12. The van der Waals surface area contributed by atoms with Gasteiger partial charge in [-0.1, -0.05) is 12.8 Å². The van der Waals surface area contributed by atoms with Gasteiger partial charge in [0.1, 0.15) is 23.0 Å². The van der Waals surface area contributed by atoms with Crippen LogP contribution >= 0.6 is 0 Å². The van der Waals surface area contributed by atoms with Gasteiger partial charge >= 0.3 is 0 Å². The summed E-state index contributed by atoms with van der Waals surface area (Å²) in [7, 11) is 0. The average Bonchev–Trinajstić information content (AvgIpc) is 2.30. The second-order valence-corrected chi connectivity index (χ2v) is 4.68. The van der Waals surface area contributed by atoms with Crippen molar-refractivity contribution in [2.45, 2.75) is 37.8 Å². The van der Waals surface area contributed by atoms with Crippen LogP contribution in [0.1, 0.15) is 36.0 Å². The Morgan fingerprint density at radius 2 is 1.74 bits per heavy atom. The molecule has 0 spiro atoms. The molecule has 1 fully saturated rings. The lowest BCUT2D eigenvalue weighted by Gasteiger charge is -2.28. The summed E-state index contributed by atoms with van der Waals surface area (Å²) >= 11 is 0. The maximum atomic E-state index is 13.4. The minimum absolute atomic E-state index is 0.454. The van der Waals surface area contributed by atoms with Crippen LogP contribution in [-0.2, 0) is 0 Å². The minimum atomic E-state index is -1.25. The van der Waals surface area contributed by atoms with Crippen LogP contribution in [-0.4, -0.2) is 23.2 Å². The molecule has 19 heavy (non-hydrogen) atoms. The molecule has 104 valence electrons. The molecule has 2 rings (SSSR count).